The fourth-order valence-electron chi connectivity index (χ4n) is 5.46. The topological polar surface area (TPSA) is 0 Å². The van der Waals surface area contributed by atoms with Gasteiger partial charge >= 0.3 is 0 Å². The quantitative estimate of drug-likeness (QED) is 0.232. The Labute approximate surface area is 212 Å². The summed E-state index contributed by atoms with van der Waals surface area (Å²) in [6.45, 7) is 23.7. The van der Waals surface area contributed by atoms with Gasteiger partial charge in [0.15, 0.2) is 0 Å². The molecule has 1 atom stereocenters. The molecule has 1 aliphatic rings. The van der Waals surface area contributed by atoms with E-state index in [0.717, 1.165) is 60.8 Å². The largest absolute Gasteiger partial charge is 0.263 e. The van der Waals surface area contributed by atoms with Gasteiger partial charge in [-0.1, -0.05) is 76.3 Å². The van der Waals surface area contributed by atoms with Crippen LogP contribution >= 0.6 is 0 Å². The first-order valence-corrected chi connectivity index (χ1v) is 13.2. The maximum absolute atomic E-state index is 13.5. The summed E-state index contributed by atoms with van der Waals surface area (Å²) in [7, 11) is 0. The molecular weight excluding hydrogens is 434 g/mol. The summed E-state index contributed by atoms with van der Waals surface area (Å²) in [4.78, 5) is 0. The van der Waals surface area contributed by atoms with Crippen molar-refractivity contribution < 1.29 is 8.78 Å². The molecule has 1 aromatic carbocycles. The van der Waals surface area contributed by atoms with Gasteiger partial charge in [-0.25, -0.2) is 8.78 Å². The van der Waals surface area contributed by atoms with Gasteiger partial charge in [0.05, 0.1) is 0 Å². The molecule has 0 nitrogen and oxygen atoms in total. The Morgan fingerprint density at radius 1 is 1.09 bits per heavy atom. The van der Waals surface area contributed by atoms with Crippen molar-refractivity contribution in [1.82, 2.24) is 0 Å². The molecule has 0 radical (unpaired) electrons. The highest BCUT2D eigenvalue weighted by Crippen LogP contribution is 2.41. The van der Waals surface area contributed by atoms with Crippen LogP contribution in [0.3, 0.4) is 0 Å². The third-order valence-electron chi connectivity index (χ3n) is 7.28. The first-order chi connectivity index (χ1) is 16.6. The lowest BCUT2D eigenvalue weighted by molar-refractivity contribution is 0.151. The molecule has 190 valence electrons. The van der Waals surface area contributed by atoms with Crippen molar-refractivity contribution in [2.24, 2.45) is 5.92 Å². The minimum absolute atomic E-state index is 0.0862. The van der Waals surface area contributed by atoms with Gasteiger partial charge in [-0.3, -0.25) is 0 Å². The van der Waals surface area contributed by atoms with Crippen LogP contribution in [0.15, 0.2) is 82.5 Å². The Balaban J connectivity index is 2.77. The van der Waals surface area contributed by atoms with Gasteiger partial charge in [0.1, 0.15) is 0 Å². The minimum atomic E-state index is -2.47. The number of hydrogen-bond acceptors (Lipinski definition) is 0. The van der Waals surface area contributed by atoms with Crippen LogP contribution in [0.5, 0.6) is 0 Å². The zero-order valence-corrected chi connectivity index (χ0v) is 23.0. The van der Waals surface area contributed by atoms with Gasteiger partial charge in [0.25, 0.3) is 6.43 Å². The number of allylic oxidation sites excluding steroid dienone is 10. The Morgan fingerprint density at radius 2 is 1.77 bits per heavy atom. The van der Waals surface area contributed by atoms with Crippen LogP contribution in [0.25, 0.3) is 5.57 Å². The highest BCUT2D eigenvalue weighted by molar-refractivity contribution is 5.76. The maximum Gasteiger partial charge on any atom is 0.263 e. The molecule has 0 fully saturated rings. The van der Waals surface area contributed by atoms with E-state index >= 15 is 0 Å². The van der Waals surface area contributed by atoms with E-state index in [4.69, 9.17) is 0 Å². The lowest BCUT2D eigenvalue weighted by atomic mass is 9.75. The molecule has 0 heterocycles. The molecule has 0 bridgehead atoms. The SMILES string of the molecule is C=C(C)C1=C(/C=C(C)/C(=C\CC)C(/CC)=C(/CC)c2cc(C(F)F)ccc2C)C(CC)C(=C)CC1. The van der Waals surface area contributed by atoms with Crippen molar-refractivity contribution in [2.75, 3.05) is 0 Å². The van der Waals surface area contributed by atoms with Crippen molar-refractivity contribution >= 4 is 5.57 Å². The fourth-order valence-corrected chi connectivity index (χ4v) is 5.46. The monoisotopic (exact) mass is 478 g/mol. The molecule has 0 aromatic heterocycles. The second kappa shape index (κ2) is 13.0. The lowest BCUT2D eigenvalue weighted by Gasteiger charge is -2.30. The summed E-state index contributed by atoms with van der Waals surface area (Å²) in [6, 6.07) is 5.06. The molecule has 2 rings (SSSR count). The Morgan fingerprint density at radius 3 is 2.29 bits per heavy atom. The summed E-state index contributed by atoms with van der Waals surface area (Å²) in [5.74, 6) is 0.345. The number of hydrogen-bond donors (Lipinski definition) is 0. The van der Waals surface area contributed by atoms with E-state index < -0.39 is 6.43 Å². The highest BCUT2D eigenvalue weighted by atomic mass is 19.3. The first kappa shape index (κ1) is 28.8. The molecule has 0 spiro atoms. The van der Waals surface area contributed by atoms with E-state index in [1.54, 1.807) is 12.1 Å². The van der Waals surface area contributed by atoms with Crippen LogP contribution < -0.4 is 0 Å². The smallest absolute Gasteiger partial charge is 0.205 e. The van der Waals surface area contributed by atoms with Crippen molar-refractivity contribution in [3.8, 4) is 0 Å². The number of rotatable bonds is 10. The summed E-state index contributed by atoms with van der Waals surface area (Å²) in [6.07, 6.45) is 7.77. The third-order valence-corrected chi connectivity index (χ3v) is 7.28. The van der Waals surface area contributed by atoms with Crippen LogP contribution in [-0.2, 0) is 0 Å². The molecule has 1 unspecified atom stereocenters. The van der Waals surface area contributed by atoms with Crippen LogP contribution in [0.2, 0.25) is 0 Å². The van der Waals surface area contributed by atoms with Gasteiger partial charge in [0, 0.05) is 11.5 Å². The van der Waals surface area contributed by atoms with Gasteiger partial charge in [-0.2, -0.15) is 0 Å². The van der Waals surface area contributed by atoms with Crippen LogP contribution in [-0.4, -0.2) is 0 Å². The molecule has 0 amide bonds. The van der Waals surface area contributed by atoms with Gasteiger partial charge in [0.2, 0.25) is 0 Å². The summed E-state index contributed by atoms with van der Waals surface area (Å²) in [5.41, 5.74) is 12.1. The zero-order chi connectivity index (χ0) is 26.3. The summed E-state index contributed by atoms with van der Waals surface area (Å²) in [5, 5.41) is 0. The third kappa shape index (κ3) is 6.60. The molecule has 35 heavy (non-hydrogen) atoms. The Hall–Kier alpha value is -2.48. The van der Waals surface area contributed by atoms with Crippen molar-refractivity contribution in [3.05, 3.63) is 99.2 Å². The van der Waals surface area contributed by atoms with Gasteiger partial charge < -0.3 is 0 Å². The van der Waals surface area contributed by atoms with E-state index in [-0.39, 0.29) is 5.56 Å². The lowest BCUT2D eigenvalue weighted by Crippen LogP contribution is -2.14. The molecule has 1 aromatic rings. The molecule has 1 aliphatic carbocycles. The number of halogens is 2. The second-order valence-corrected chi connectivity index (χ2v) is 9.73. The van der Waals surface area contributed by atoms with E-state index in [1.165, 1.54) is 33.4 Å². The van der Waals surface area contributed by atoms with Crippen LogP contribution in [0, 0.1) is 12.8 Å². The highest BCUT2D eigenvalue weighted by Gasteiger charge is 2.24. The first-order valence-electron chi connectivity index (χ1n) is 13.2. The summed E-state index contributed by atoms with van der Waals surface area (Å²) >= 11 is 0. The van der Waals surface area contributed by atoms with Crippen molar-refractivity contribution in [3.63, 3.8) is 0 Å². The van der Waals surface area contributed by atoms with Crippen LogP contribution in [0.1, 0.15) is 103 Å². The average molecular weight is 479 g/mol. The van der Waals surface area contributed by atoms with Crippen molar-refractivity contribution in [1.29, 1.82) is 0 Å². The standard InChI is InChI=1S/C33H44F2/c1-10-14-30(24(9)19-32-26(11-2)22(7)16-18-29(32)21(5)6)27(12-3)28(13-4)31-20-25(33(34)35)17-15-23(31)8/h14-15,17,19-20,26,33H,5,7,10-13,16,18H2,1-4,6,8-9H3/b24-19+,28-27-,30-14+. The number of alkyl halides is 2. The number of aryl methyl sites for hydroxylation is 1. The molecular formula is C33H44F2. The van der Waals surface area contributed by atoms with E-state index in [0.29, 0.717) is 5.92 Å². The Kier molecular flexibility index (Phi) is 10.7. The van der Waals surface area contributed by atoms with E-state index in [2.05, 4.69) is 66.9 Å². The molecule has 0 saturated heterocycles. The zero-order valence-electron chi connectivity index (χ0n) is 23.0. The van der Waals surface area contributed by atoms with Crippen molar-refractivity contribution in [2.45, 2.75) is 93.4 Å². The van der Waals surface area contributed by atoms with Crippen LogP contribution in [0.4, 0.5) is 8.78 Å². The van der Waals surface area contributed by atoms with E-state index in [1.807, 2.05) is 13.0 Å². The normalized spacial score (nSPS) is 18.3. The fraction of sp³-hybridized carbons (Fsp3) is 0.455. The average Bonchev–Trinajstić information content (AvgIpc) is 2.81. The van der Waals surface area contributed by atoms with E-state index in [9.17, 15) is 8.78 Å². The molecule has 2 heteroatoms. The Bertz CT molecular complexity index is 1070. The minimum Gasteiger partial charge on any atom is -0.205 e. The predicted octanol–water partition coefficient (Wildman–Crippen LogP) is 11.0. The molecule has 0 saturated carbocycles. The maximum atomic E-state index is 13.5. The molecule has 0 N–H and O–H groups in total. The summed E-state index contributed by atoms with van der Waals surface area (Å²) < 4.78 is 27.1. The predicted molar refractivity (Wildman–Crippen MR) is 150 cm³/mol. The number of benzene rings is 1. The second-order valence-electron chi connectivity index (χ2n) is 9.73. The van der Waals surface area contributed by atoms with Gasteiger partial charge in [-0.05, 0) is 110 Å². The van der Waals surface area contributed by atoms with Gasteiger partial charge in [-0.15, -0.1) is 0 Å². The molecule has 0 aliphatic heterocycles.